The average molecular weight is 186 g/mol. The molecule has 1 rings (SSSR count). The number of nitrogens with one attached hydrogen (secondary N) is 2. The Labute approximate surface area is 79.0 Å². The summed E-state index contributed by atoms with van der Waals surface area (Å²) >= 11 is 0. The Morgan fingerprint density at radius 2 is 2.23 bits per heavy atom. The Morgan fingerprint density at radius 1 is 1.62 bits per heavy atom. The predicted octanol–water partition coefficient (Wildman–Crippen LogP) is -0.253. The number of amides is 1. The molecular weight excluding hydrogens is 168 g/mol. The molecule has 0 aromatic heterocycles. The highest BCUT2D eigenvalue weighted by atomic mass is 16.5. The van der Waals surface area contributed by atoms with Crippen molar-refractivity contribution in [1.29, 1.82) is 0 Å². The maximum absolute atomic E-state index is 11.1. The molecule has 0 aromatic carbocycles. The summed E-state index contributed by atoms with van der Waals surface area (Å²) < 4.78 is 5.12. The molecule has 1 fully saturated rings. The lowest BCUT2D eigenvalue weighted by Gasteiger charge is -2.38. The first-order valence-electron chi connectivity index (χ1n) is 4.60. The largest absolute Gasteiger partial charge is 0.380 e. The minimum absolute atomic E-state index is 0.0313. The quantitative estimate of drug-likeness (QED) is 0.636. The Bertz CT molecular complexity index is 190. The first-order valence-corrected chi connectivity index (χ1v) is 4.60. The van der Waals surface area contributed by atoms with E-state index >= 15 is 0 Å². The fourth-order valence-corrected chi connectivity index (χ4v) is 1.26. The minimum atomic E-state index is -0.123. The monoisotopic (exact) mass is 186 g/mol. The van der Waals surface area contributed by atoms with Gasteiger partial charge in [-0.2, -0.15) is 0 Å². The summed E-state index contributed by atoms with van der Waals surface area (Å²) in [5, 5.41) is 5.79. The first kappa shape index (κ1) is 10.5. The molecule has 4 heteroatoms. The number of carbonyl (C=O) groups excluding carboxylic acids is 1. The Balaban J connectivity index is 2.21. The molecule has 1 atom stereocenters. The second-order valence-corrected chi connectivity index (χ2v) is 4.02. The van der Waals surface area contributed by atoms with Gasteiger partial charge in [0.2, 0.25) is 5.91 Å². The fraction of sp³-hybridized carbons (Fsp3) is 0.889. The van der Waals surface area contributed by atoms with E-state index in [-0.39, 0.29) is 17.4 Å². The third kappa shape index (κ3) is 2.67. The van der Waals surface area contributed by atoms with E-state index in [4.69, 9.17) is 4.74 Å². The summed E-state index contributed by atoms with van der Waals surface area (Å²) in [6.45, 7) is 6.43. The van der Waals surface area contributed by atoms with Crippen LogP contribution in [-0.4, -0.2) is 38.8 Å². The molecule has 1 unspecified atom stereocenters. The van der Waals surface area contributed by atoms with Gasteiger partial charge in [-0.3, -0.25) is 4.79 Å². The number of carbonyl (C=O) groups is 1. The van der Waals surface area contributed by atoms with Crippen molar-refractivity contribution in [3.63, 3.8) is 0 Å². The maximum atomic E-state index is 11.1. The SMILES string of the molecule is CNC(=O)C(C)NCC1(C)COC1. The average Bonchev–Trinajstić information content (AvgIpc) is 2.09. The van der Waals surface area contributed by atoms with Gasteiger partial charge < -0.3 is 15.4 Å². The van der Waals surface area contributed by atoms with Crippen molar-refractivity contribution < 1.29 is 9.53 Å². The standard InChI is InChI=1S/C9H18N2O2/c1-7(8(12)10-3)11-4-9(2)5-13-6-9/h7,11H,4-6H2,1-3H3,(H,10,12). The first-order chi connectivity index (χ1) is 6.07. The summed E-state index contributed by atoms with van der Waals surface area (Å²) in [6.07, 6.45) is 0. The van der Waals surface area contributed by atoms with Crippen molar-refractivity contribution in [3.05, 3.63) is 0 Å². The van der Waals surface area contributed by atoms with Gasteiger partial charge >= 0.3 is 0 Å². The van der Waals surface area contributed by atoms with Crippen molar-refractivity contribution in [2.75, 3.05) is 26.8 Å². The van der Waals surface area contributed by atoms with Crippen LogP contribution in [0, 0.1) is 5.41 Å². The van der Waals surface area contributed by atoms with Gasteiger partial charge in [0.15, 0.2) is 0 Å². The fourth-order valence-electron chi connectivity index (χ4n) is 1.26. The van der Waals surface area contributed by atoms with Gasteiger partial charge in [-0.05, 0) is 6.92 Å². The highest BCUT2D eigenvalue weighted by Crippen LogP contribution is 2.25. The topological polar surface area (TPSA) is 50.4 Å². The van der Waals surface area contributed by atoms with Gasteiger partial charge in [0.25, 0.3) is 0 Å². The third-order valence-corrected chi connectivity index (χ3v) is 2.38. The van der Waals surface area contributed by atoms with Crippen LogP contribution in [0.2, 0.25) is 0 Å². The number of likely N-dealkylation sites (N-methyl/N-ethyl adjacent to an activating group) is 1. The predicted molar refractivity (Wildman–Crippen MR) is 50.5 cm³/mol. The highest BCUT2D eigenvalue weighted by Gasteiger charge is 2.33. The second kappa shape index (κ2) is 4.07. The molecule has 0 saturated carbocycles. The summed E-state index contributed by atoms with van der Waals surface area (Å²) in [7, 11) is 1.65. The van der Waals surface area contributed by atoms with Crippen molar-refractivity contribution in [2.24, 2.45) is 5.41 Å². The van der Waals surface area contributed by atoms with Gasteiger partial charge in [-0.25, -0.2) is 0 Å². The van der Waals surface area contributed by atoms with Crippen LogP contribution in [0.4, 0.5) is 0 Å². The molecule has 2 N–H and O–H groups in total. The minimum Gasteiger partial charge on any atom is -0.380 e. The van der Waals surface area contributed by atoms with Crippen LogP contribution in [0.15, 0.2) is 0 Å². The van der Waals surface area contributed by atoms with E-state index in [0.717, 1.165) is 19.8 Å². The van der Waals surface area contributed by atoms with Crippen LogP contribution >= 0.6 is 0 Å². The van der Waals surface area contributed by atoms with Gasteiger partial charge in [-0.15, -0.1) is 0 Å². The zero-order chi connectivity index (χ0) is 9.90. The van der Waals surface area contributed by atoms with Crippen LogP contribution in [0.3, 0.4) is 0 Å². The molecule has 1 aliphatic rings. The lowest BCUT2D eigenvalue weighted by Crippen LogP contribution is -2.51. The van der Waals surface area contributed by atoms with E-state index in [1.165, 1.54) is 0 Å². The molecule has 1 heterocycles. The van der Waals surface area contributed by atoms with Crippen LogP contribution in [0.5, 0.6) is 0 Å². The summed E-state index contributed by atoms with van der Waals surface area (Å²) in [5.41, 5.74) is 0.224. The zero-order valence-corrected chi connectivity index (χ0v) is 8.52. The molecule has 1 aliphatic heterocycles. The Morgan fingerprint density at radius 3 is 2.62 bits per heavy atom. The van der Waals surface area contributed by atoms with E-state index < -0.39 is 0 Å². The van der Waals surface area contributed by atoms with Crippen molar-refractivity contribution in [1.82, 2.24) is 10.6 Å². The van der Waals surface area contributed by atoms with Crippen molar-refractivity contribution in [2.45, 2.75) is 19.9 Å². The molecule has 0 radical (unpaired) electrons. The number of hydrogen-bond donors (Lipinski definition) is 2. The second-order valence-electron chi connectivity index (χ2n) is 4.02. The van der Waals surface area contributed by atoms with Crippen LogP contribution in [0.1, 0.15) is 13.8 Å². The van der Waals surface area contributed by atoms with E-state index in [2.05, 4.69) is 17.6 Å². The van der Waals surface area contributed by atoms with Gasteiger partial charge in [0.05, 0.1) is 19.3 Å². The molecule has 0 aliphatic carbocycles. The van der Waals surface area contributed by atoms with Crippen molar-refractivity contribution in [3.8, 4) is 0 Å². The third-order valence-electron chi connectivity index (χ3n) is 2.38. The summed E-state index contributed by atoms with van der Waals surface area (Å²) in [6, 6.07) is -0.123. The number of hydrogen-bond acceptors (Lipinski definition) is 3. The normalized spacial score (nSPS) is 21.8. The Hall–Kier alpha value is -0.610. The van der Waals surface area contributed by atoms with Crippen LogP contribution < -0.4 is 10.6 Å². The maximum Gasteiger partial charge on any atom is 0.236 e. The molecule has 0 aromatic rings. The smallest absolute Gasteiger partial charge is 0.236 e. The van der Waals surface area contributed by atoms with E-state index in [1.807, 2.05) is 6.92 Å². The van der Waals surface area contributed by atoms with E-state index in [1.54, 1.807) is 7.05 Å². The molecule has 0 bridgehead atoms. The molecule has 4 nitrogen and oxygen atoms in total. The summed E-state index contributed by atoms with van der Waals surface area (Å²) in [5.74, 6) is 0.0313. The molecule has 1 saturated heterocycles. The van der Waals surface area contributed by atoms with Crippen LogP contribution in [0.25, 0.3) is 0 Å². The lowest BCUT2D eigenvalue weighted by molar-refractivity contribution is -0.124. The van der Waals surface area contributed by atoms with Gasteiger partial charge in [0, 0.05) is 19.0 Å². The Kier molecular flexibility index (Phi) is 3.27. The number of rotatable bonds is 4. The van der Waals surface area contributed by atoms with Crippen LogP contribution in [-0.2, 0) is 9.53 Å². The molecule has 0 spiro atoms. The van der Waals surface area contributed by atoms with E-state index in [0.29, 0.717) is 0 Å². The molecule has 76 valence electrons. The van der Waals surface area contributed by atoms with Gasteiger partial charge in [-0.1, -0.05) is 6.92 Å². The summed E-state index contributed by atoms with van der Waals surface area (Å²) in [4.78, 5) is 11.1. The molecule has 13 heavy (non-hydrogen) atoms. The lowest BCUT2D eigenvalue weighted by atomic mass is 9.88. The van der Waals surface area contributed by atoms with Gasteiger partial charge in [0.1, 0.15) is 0 Å². The molecular formula is C9H18N2O2. The van der Waals surface area contributed by atoms with Crippen molar-refractivity contribution >= 4 is 5.91 Å². The van der Waals surface area contributed by atoms with E-state index in [9.17, 15) is 4.79 Å². The number of ether oxygens (including phenoxy) is 1. The molecule has 1 amide bonds. The zero-order valence-electron chi connectivity index (χ0n) is 8.52. The highest BCUT2D eigenvalue weighted by molar-refractivity contribution is 5.80.